The molecule has 2 heteroatoms. The SMILES string of the molecule is CCOc1cc(C)c(CCN)cc1C(C)(C)C. The Labute approximate surface area is 105 Å². The highest BCUT2D eigenvalue weighted by atomic mass is 16.5. The number of hydrogen-bond donors (Lipinski definition) is 1. The number of nitrogens with two attached hydrogens (primary N) is 1. The van der Waals surface area contributed by atoms with Crippen LogP contribution in [-0.2, 0) is 11.8 Å². The van der Waals surface area contributed by atoms with Crippen LogP contribution in [-0.4, -0.2) is 13.2 Å². The summed E-state index contributed by atoms with van der Waals surface area (Å²) < 4.78 is 5.75. The lowest BCUT2D eigenvalue weighted by atomic mass is 9.84. The third kappa shape index (κ3) is 3.47. The van der Waals surface area contributed by atoms with Gasteiger partial charge in [-0.2, -0.15) is 0 Å². The van der Waals surface area contributed by atoms with Crippen LogP contribution in [0.15, 0.2) is 12.1 Å². The maximum atomic E-state index is 5.75. The van der Waals surface area contributed by atoms with Gasteiger partial charge in [0.25, 0.3) is 0 Å². The van der Waals surface area contributed by atoms with E-state index < -0.39 is 0 Å². The molecule has 0 unspecified atom stereocenters. The smallest absolute Gasteiger partial charge is 0.123 e. The van der Waals surface area contributed by atoms with Crippen LogP contribution in [0.2, 0.25) is 0 Å². The van der Waals surface area contributed by atoms with Gasteiger partial charge in [0.2, 0.25) is 0 Å². The predicted molar refractivity (Wildman–Crippen MR) is 73.8 cm³/mol. The van der Waals surface area contributed by atoms with Gasteiger partial charge in [-0.25, -0.2) is 0 Å². The Balaban J connectivity index is 3.26. The minimum atomic E-state index is 0.0988. The van der Waals surface area contributed by atoms with Crippen LogP contribution in [0.3, 0.4) is 0 Å². The molecule has 0 aromatic heterocycles. The summed E-state index contributed by atoms with van der Waals surface area (Å²) in [5.41, 5.74) is 9.63. The second kappa shape index (κ2) is 5.54. The first-order valence-corrected chi connectivity index (χ1v) is 6.37. The fourth-order valence-corrected chi connectivity index (χ4v) is 2.01. The van der Waals surface area contributed by atoms with E-state index in [0.717, 1.165) is 12.2 Å². The summed E-state index contributed by atoms with van der Waals surface area (Å²) >= 11 is 0. The molecule has 0 saturated carbocycles. The largest absolute Gasteiger partial charge is 0.494 e. The molecule has 1 aromatic carbocycles. The van der Waals surface area contributed by atoms with Gasteiger partial charge in [0.15, 0.2) is 0 Å². The normalized spacial score (nSPS) is 11.6. The highest BCUT2D eigenvalue weighted by Crippen LogP contribution is 2.33. The Hall–Kier alpha value is -1.02. The van der Waals surface area contributed by atoms with E-state index in [4.69, 9.17) is 10.5 Å². The van der Waals surface area contributed by atoms with Crippen molar-refractivity contribution < 1.29 is 4.74 Å². The number of ether oxygens (including phenoxy) is 1. The molecule has 96 valence electrons. The van der Waals surface area contributed by atoms with E-state index >= 15 is 0 Å². The molecular weight excluding hydrogens is 210 g/mol. The lowest BCUT2D eigenvalue weighted by molar-refractivity contribution is 0.329. The summed E-state index contributed by atoms with van der Waals surface area (Å²) in [5, 5.41) is 0. The molecule has 1 rings (SSSR count). The van der Waals surface area contributed by atoms with Gasteiger partial charge in [-0.3, -0.25) is 0 Å². The Morgan fingerprint density at radius 3 is 2.35 bits per heavy atom. The van der Waals surface area contributed by atoms with E-state index in [9.17, 15) is 0 Å². The number of benzene rings is 1. The van der Waals surface area contributed by atoms with E-state index in [1.807, 2.05) is 6.92 Å². The fraction of sp³-hybridized carbons (Fsp3) is 0.600. The summed E-state index contributed by atoms with van der Waals surface area (Å²) in [7, 11) is 0. The van der Waals surface area contributed by atoms with Crippen LogP contribution in [0.25, 0.3) is 0 Å². The van der Waals surface area contributed by atoms with Gasteiger partial charge in [-0.15, -0.1) is 0 Å². The monoisotopic (exact) mass is 235 g/mol. The molecule has 0 spiro atoms. The lowest BCUT2D eigenvalue weighted by Gasteiger charge is -2.24. The third-order valence-electron chi connectivity index (χ3n) is 2.96. The van der Waals surface area contributed by atoms with Crippen molar-refractivity contribution in [3.8, 4) is 5.75 Å². The molecule has 17 heavy (non-hydrogen) atoms. The fourth-order valence-electron chi connectivity index (χ4n) is 2.01. The zero-order chi connectivity index (χ0) is 13.1. The Bertz CT molecular complexity index is 377. The summed E-state index contributed by atoms with van der Waals surface area (Å²) in [5.74, 6) is 1.01. The third-order valence-corrected chi connectivity index (χ3v) is 2.96. The lowest BCUT2D eigenvalue weighted by Crippen LogP contribution is -2.15. The molecule has 0 bridgehead atoms. The molecule has 0 saturated heterocycles. The van der Waals surface area contributed by atoms with Crippen LogP contribution in [0.1, 0.15) is 44.4 Å². The highest BCUT2D eigenvalue weighted by molar-refractivity contribution is 5.45. The standard InChI is InChI=1S/C15H25NO/c1-6-17-14-9-11(2)12(7-8-16)10-13(14)15(3,4)5/h9-10H,6-8,16H2,1-5H3. The number of hydrogen-bond acceptors (Lipinski definition) is 2. The topological polar surface area (TPSA) is 35.2 Å². The van der Waals surface area contributed by atoms with Crippen LogP contribution in [0.4, 0.5) is 0 Å². The van der Waals surface area contributed by atoms with Crippen molar-refractivity contribution in [2.45, 2.75) is 46.5 Å². The van der Waals surface area contributed by atoms with E-state index in [1.165, 1.54) is 16.7 Å². The van der Waals surface area contributed by atoms with E-state index in [2.05, 4.69) is 39.8 Å². The molecule has 0 aliphatic carbocycles. The van der Waals surface area contributed by atoms with Gasteiger partial charge >= 0.3 is 0 Å². The average Bonchev–Trinajstić information content (AvgIpc) is 2.20. The van der Waals surface area contributed by atoms with Gasteiger partial charge in [-0.1, -0.05) is 26.8 Å². The van der Waals surface area contributed by atoms with Gasteiger partial charge in [0.05, 0.1) is 6.61 Å². The van der Waals surface area contributed by atoms with E-state index in [1.54, 1.807) is 0 Å². The van der Waals surface area contributed by atoms with Crippen molar-refractivity contribution in [1.29, 1.82) is 0 Å². The first kappa shape index (κ1) is 14.0. The van der Waals surface area contributed by atoms with Gasteiger partial charge in [-0.05, 0) is 55.0 Å². The second-order valence-electron chi connectivity index (χ2n) is 5.50. The average molecular weight is 235 g/mol. The molecular formula is C15H25NO. The Morgan fingerprint density at radius 2 is 1.88 bits per heavy atom. The maximum absolute atomic E-state index is 5.75. The van der Waals surface area contributed by atoms with Crippen LogP contribution in [0.5, 0.6) is 5.75 Å². The van der Waals surface area contributed by atoms with Crippen molar-refractivity contribution in [1.82, 2.24) is 0 Å². The first-order valence-electron chi connectivity index (χ1n) is 6.37. The zero-order valence-corrected chi connectivity index (χ0v) is 11.8. The van der Waals surface area contributed by atoms with Gasteiger partial charge in [0.1, 0.15) is 5.75 Å². The predicted octanol–water partition coefficient (Wildman–Crippen LogP) is 3.19. The molecule has 0 amide bonds. The summed E-state index contributed by atoms with van der Waals surface area (Å²) in [6.07, 6.45) is 0.932. The van der Waals surface area contributed by atoms with Crippen molar-refractivity contribution in [3.63, 3.8) is 0 Å². The zero-order valence-electron chi connectivity index (χ0n) is 11.8. The van der Waals surface area contributed by atoms with Crippen molar-refractivity contribution in [2.24, 2.45) is 5.73 Å². The Morgan fingerprint density at radius 1 is 1.24 bits per heavy atom. The van der Waals surface area contributed by atoms with Crippen molar-refractivity contribution >= 4 is 0 Å². The van der Waals surface area contributed by atoms with Gasteiger partial charge < -0.3 is 10.5 Å². The van der Waals surface area contributed by atoms with Crippen LogP contribution >= 0.6 is 0 Å². The molecule has 0 atom stereocenters. The molecule has 1 aromatic rings. The minimum Gasteiger partial charge on any atom is -0.494 e. The maximum Gasteiger partial charge on any atom is 0.123 e. The quantitative estimate of drug-likeness (QED) is 0.870. The summed E-state index contributed by atoms with van der Waals surface area (Å²) in [6, 6.07) is 4.41. The number of aryl methyl sites for hydroxylation is 1. The number of rotatable bonds is 4. The second-order valence-corrected chi connectivity index (χ2v) is 5.50. The minimum absolute atomic E-state index is 0.0988. The molecule has 2 N–H and O–H groups in total. The molecule has 0 heterocycles. The molecule has 0 radical (unpaired) electrons. The summed E-state index contributed by atoms with van der Waals surface area (Å²) in [6.45, 7) is 12.2. The Kier molecular flexibility index (Phi) is 4.58. The van der Waals surface area contributed by atoms with E-state index in [-0.39, 0.29) is 5.41 Å². The van der Waals surface area contributed by atoms with Crippen LogP contribution in [0, 0.1) is 6.92 Å². The van der Waals surface area contributed by atoms with Crippen LogP contribution < -0.4 is 10.5 Å². The summed E-state index contributed by atoms with van der Waals surface area (Å²) in [4.78, 5) is 0. The van der Waals surface area contributed by atoms with E-state index in [0.29, 0.717) is 13.2 Å². The molecule has 2 nitrogen and oxygen atoms in total. The first-order chi connectivity index (χ1) is 7.90. The van der Waals surface area contributed by atoms with Crippen molar-refractivity contribution in [2.75, 3.05) is 13.2 Å². The molecule has 0 aliphatic heterocycles. The molecule has 0 aliphatic rings. The van der Waals surface area contributed by atoms with Gasteiger partial charge in [0, 0.05) is 0 Å². The van der Waals surface area contributed by atoms with Crippen molar-refractivity contribution in [3.05, 3.63) is 28.8 Å². The molecule has 0 fully saturated rings. The highest BCUT2D eigenvalue weighted by Gasteiger charge is 2.20.